The molecule has 0 saturated carbocycles. The number of rotatable bonds is 0. The van der Waals surface area contributed by atoms with E-state index in [9.17, 15) is 0 Å². The molecule has 3 heterocycles. The fraction of sp³-hybridized carbons (Fsp3) is 0. The molecule has 3 rings (SSSR count). The predicted molar refractivity (Wildman–Crippen MR) is 41.7 cm³/mol. The van der Waals surface area contributed by atoms with Crippen LogP contribution in [-0.2, 0) is 0 Å². The summed E-state index contributed by atoms with van der Waals surface area (Å²) in [5.41, 5.74) is 1.81. The van der Waals surface area contributed by atoms with Gasteiger partial charge in [0.2, 0.25) is 6.20 Å². The minimum absolute atomic E-state index is 0.776. The molecular formula is C8H6N4. The van der Waals surface area contributed by atoms with Crippen molar-refractivity contribution >= 4 is 11.2 Å². The van der Waals surface area contributed by atoms with Gasteiger partial charge in [0, 0.05) is 12.3 Å². The van der Waals surface area contributed by atoms with E-state index in [1.165, 1.54) is 0 Å². The number of hydrogen-bond donors (Lipinski definition) is 0. The molecule has 4 heteroatoms. The molecule has 0 bridgehead atoms. The fourth-order valence-electron chi connectivity index (χ4n) is 1.35. The summed E-state index contributed by atoms with van der Waals surface area (Å²) in [6.45, 7) is 0. The molecule has 0 unspecified atom stereocenters. The topological polar surface area (TPSA) is 35.5 Å². The monoisotopic (exact) mass is 158 g/mol. The Bertz CT molecular complexity index is 533. The highest BCUT2D eigenvalue weighted by Gasteiger charge is 2.01. The Morgan fingerprint density at radius 1 is 1.42 bits per heavy atom. The molecule has 3 aromatic rings. The van der Waals surface area contributed by atoms with Crippen molar-refractivity contribution in [3.8, 4) is 0 Å². The lowest BCUT2D eigenvalue weighted by molar-refractivity contribution is -0.674. The number of nitrogens with zero attached hydrogens (tertiary/aromatic N) is 4. The van der Waals surface area contributed by atoms with E-state index in [1.807, 2.05) is 35.1 Å². The maximum atomic E-state index is 4.24. The molecule has 12 heavy (non-hydrogen) atoms. The van der Waals surface area contributed by atoms with Crippen LogP contribution >= 0.6 is 0 Å². The van der Waals surface area contributed by atoms with E-state index in [0.29, 0.717) is 0 Å². The van der Waals surface area contributed by atoms with E-state index in [4.69, 9.17) is 0 Å². The van der Waals surface area contributed by atoms with Gasteiger partial charge in [-0.05, 0) is 12.3 Å². The SMILES string of the molecule is c1cnc2[n-][n+]3cccn3c2c1. The first-order valence-electron chi connectivity index (χ1n) is 3.72. The zero-order chi connectivity index (χ0) is 7.97. The van der Waals surface area contributed by atoms with Crippen molar-refractivity contribution < 1.29 is 4.63 Å². The molecule has 0 spiro atoms. The molecule has 0 radical (unpaired) electrons. The van der Waals surface area contributed by atoms with Gasteiger partial charge in [0.15, 0.2) is 0 Å². The van der Waals surface area contributed by atoms with Crippen LogP contribution in [0.3, 0.4) is 0 Å². The Morgan fingerprint density at radius 3 is 3.42 bits per heavy atom. The van der Waals surface area contributed by atoms with Crippen molar-refractivity contribution in [2.75, 3.05) is 0 Å². The second-order valence-electron chi connectivity index (χ2n) is 2.60. The van der Waals surface area contributed by atoms with Crippen molar-refractivity contribution in [1.82, 2.24) is 14.6 Å². The molecular weight excluding hydrogens is 152 g/mol. The molecule has 0 aliphatic heterocycles. The Kier molecular flexibility index (Phi) is 0.889. The van der Waals surface area contributed by atoms with Crippen LogP contribution in [0.4, 0.5) is 0 Å². The highest BCUT2D eigenvalue weighted by atomic mass is 15.5. The van der Waals surface area contributed by atoms with Crippen LogP contribution in [0.15, 0.2) is 36.8 Å². The summed E-state index contributed by atoms with van der Waals surface area (Å²) in [5.74, 6) is 0. The summed E-state index contributed by atoms with van der Waals surface area (Å²) in [7, 11) is 0. The van der Waals surface area contributed by atoms with E-state index in [2.05, 4.69) is 10.1 Å². The molecule has 4 nitrogen and oxygen atoms in total. The van der Waals surface area contributed by atoms with E-state index >= 15 is 0 Å². The summed E-state index contributed by atoms with van der Waals surface area (Å²) >= 11 is 0. The molecule has 0 saturated heterocycles. The lowest BCUT2D eigenvalue weighted by Crippen LogP contribution is -2.28. The third kappa shape index (κ3) is 0.567. The second-order valence-corrected chi connectivity index (χ2v) is 2.60. The van der Waals surface area contributed by atoms with Gasteiger partial charge in [-0.3, -0.25) is 0 Å². The van der Waals surface area contributed by atoms with Crippen molar-refractivity contribution in [3.63, 3.8) is 0 Å². The van der Waals surface area contributed by atoms with Crippen LogP contribution < -0.4 is 9.73 Å². The average molecular weight is 158 g/mol. The minimum Gasteiger partial charge on any atom is -0.364 e. The van der Waals surface area contributed by atoms with E-state index in [-0.39, 0.29) is 0 Å². The van der Waals surface area contributed by atoms with Gasteiger partial charge in [-0.25, -0.2) is 0 Å². The zero-order valence-corrected chi connectivity index (χ0v) is 6.25. The first-order valence-corrected chi connectivity index (χ1v) is 3.72. The standard InChI is InChI=1S/C8H6N4/c1-3-7-8(9-4-1)10-12-6-2-5-11(7)12/h1-6H. The van der Waals surface area contributed by atoms with Crippen molar-refractivity contribution in [1.29, 1.82) is 0 Å². The Morgan fingerprint density at radius 2 is 2.42 bits per heavy atom. The summed E-state index contributed by atoms with van der Waals surface area (Å²) in [5, 5.41) is 4.24. The smallest absolute Gasteiger partial charge is 0.203 e. The zero-order valence-electron chi connectivity index (χ0n) is 6.25. The average Bonchev–Trinajstić information content (AvgIpc) is 2.62. The first-order chi connectivity index (χ1) is 5.95. The molecule has 0 aliphatic rings. The molecule has 0 aliphatic carbocycles. The minimum atomic E-state index is 0.776. The quantitative estimate of drug-likeness (QED) is 0.433. The predicted octanol–water partition coefficient (Wildman–Crippen LogP) is 0.0302. The molecule has 0 N–H and O–H groups in total. The lowest BCUT2D eigenvalue weighted by Gasteiger charge is -1.88. The molecule has 3 aromatic heterocycles. The molecule has 0 atom stereocenters. The lowest BCUT2D eigenvalue weighted by atomic mass is 10.4. The maximum absolute atomic E-state index is 4.24. The van der Waals surface area contributed by atoms with Crippen molar-refractivity contribution in [3.05, 3.63) is 36.8 Å². The van der Waals surface area contributed by atoms with E-state index in [0.717, 1.165) is 11.2 Å². The second kappa shape index (κ2) is 1.85. The molecule has 58 valence electrons. The van der Waals surface area contributed by atoms with Crippen LogP contribution in [-0.4, -0.2) is 9.50 Å². The van der Waals surface area contributed by atoms with Gasteiger partial charge in [-0.15, -0.1) is 5.10 Å². The van der Waals surface area contributed by atoms with Gasteiger partial charge in [-0.2, -0.15) is 4.52 Å². The highest BCUT2D eigenvalue weighted by Crippen LogP contribution is 2.02. The van der Waals surface area contributed by atoms with Gasteiger partial charge < -0.3 is 4.98 Å². The summed E-state index contributed by atoms with van der Waals surface area (Å²) in [6.07, 6.45) is 5.59. The first kappa shape index (κ1) is 5.77. The normalized spacial score (nSPS) is 11.3. The third-order valence-corrected chi connectivity index (χ3v) is 1.88. The van der Waals surface area contributed by atoms with Crippen molar-refractivity contribution in [2.45, 2.75) is 0 Å². The Balaban J connectivity index is 2.68. The van der Waals surface area contributed by atoms with Crippen LogP contribution in [0.2, 0.25) is 0 Å². The van der Waals surface area contributed by atoms with Gasteiger partial charge >= 0.3 is 0 Å². The summed E-state index contributed by atoms with van der Waals surface area (Å²) in [6, 6.07) is 5.85. The summed E-state index contributed by atoms with van der Waals surface area (Å²) < 4.78 is 3.71. The van der Waals surface area contributed by atoms with Crippen LogP contribution in [0.5, 0.6) is 0 Å². The maximum Gasteiger partial charge on any atom is 0.203 e. The van der Waals surface area contributed by atoms with Gasteiger partial charge in [-0.1, -0.05) is 10.7 Å². The van der Waals surface area contributed by atoms with Crippen molar-refractivity contribution in [2.24, 2.45) is 0 Å². The Labute approximate surface area is 68.0 Å². The molecule has 0 amide bonds. The van der Waals surface area contributed by atoms with Gasteiger partial charge in [0.05, 0.1) is 11.2 Å². The fourth-order valence-corrected chi connectivity index (χ4v) is 1.35. The third-order valence-electron chi connectivity index (χ3n) is 1.88. The summed E-state index contributed by atoms with van der Waals surface area (Å²) in [4.78, 5) is 4.14. The number of aromatic nitrogens is 4. The largest absolute Gasteiger partial charge is 0.364 e. The van der Waals surface area contributed by atoms with Gasteiger partial charge in [0.25, 0.3) is 0 Å². The number of fused-ring (bicyclic) bond motifs is 3. The van der Waals surface area contributed by atoms with Gasteiger partial charge in [0.1, 0.15) is 0 Å². The number of hydrogen-bond acceptors (Lipinski definition) is 1. The number of pyridine rings is 1. The highest BCUT2D eigenvalue weighted by molar-refractivity contribution is 5.67. The Hall–Kier alpha value is -1.84. The van der Waals surface area contributed by atoms with E-state index in [1.54, 1.807) is 10.8 Å². The van der Waals surface area contributed by atoms with Crippen LogP contribution in [0, 0.1) is 0 Å². The van der Waals surface area contributed by atoms with Crippen LogP contribution in [0.1, 0.15) is 0 Å². The molecule has 0 aromatic carbocycles. The molecule has 0 fully saturated rings. The van der Waals surface area contributed by atoms with Crippen LogP contribution in [0.25, 0.3) is 11.2 Å². The van der Waals surface area contributed by atoms with E-state index < -0.39 is 0 Å².